The molecule has 0 saturated carbocycles. The fourth-order valence-electron chi connectivity index (χ4n) is 0. The highest BCUT2D eigenvalue weighted by Gasteiger charge is 1.89. The van der Waals surface area contributed by atoms with E-state index in [1.54, 1.807) is 0 Å². The first-order valence-corrected chi connectivity index (χ1v) is 5.60. The zero-order chi connectivity index (χ0) is 9.71. The molecule has 0 aliphatic rings. The van der Waals surface area contributed by atoms with Crippen LogP contribution in [0.2, 0.25) is 0 Å². The van der Waals surface area contributed by atoms with E-state index in [4.69, 9.17) is 17.5 Å². The van der Waals surface area contributed by atoms with E-state index in [1.807, 2.05) is 0 Å². The molecular formula is C2H5ClO6S2. The van der Waals surface area contributed by atoms with Crippen molar-refractivity contribution < 1.29 is 25.9 Å². The lowest BCUT2D eigenvalue weighted by Gasteiger charge is -1.70. The summed E-state index contributed by atoms with van der Waals surface area (Å²) in [5.41, 5.74) is 0. The second-order valence-electron chi connectivity index (χ2n) is 1.09. The van der Waals surface area contributed by atoms with Gasteiger partial charge >= 0.3 is 10.4 Å². The third-order valence-corrected chi connectivity index (χ3v) is 0.975. The molecule has 9 heteroatoms. The Morgan fingerprint density at radius 1 is 1.18 bits per heavy atom. The van der Waals surface area contributed by atoms with E-state index in [2.05, 4.69) is 17.3 Å². The Morgan fingerprint density at radius 2 is 1.27 bits per heavy atom. The molecule has 2 N–H and O–H groups in total. The van der Waals surface area contributed by atoms with Crippen LogP contribution in [0.4, 0.5) is 0 Å². The van der Waals surface area contributed by atoms with Crippen LogP contribution in [0, 0.1) is 0 Å². The molecule has 0 aliphatic heterocycles. The van der Waals surface area contributed by atoms with Crippen LogP contribution in [0.15, 0.2) is 12.0 Å². The van der Waals surface area contributed by atoms with Gasteiger partial charge in [0, 0.05) is 16.1 Å². The molecular weight excluding hydrogens is 220 g/mol. The van der Waals surface area contributed by atoms with Crippen molar-refractivity contribution >= 4 is 30.1 Å². The highest BCUT2D eigenvalue weighted by molar-refractivity contribution is 8.16. The van der Waals surface area contributed by atoms with Gasteiger partial charge in [-0.15, -0.1) is 0 Å². The number of rotatable bonds is 1. The molecule has 0 bridgehead atoms. The average Bonchev–Trinajstić information content (AvgIpc) is 1.59. The highest BCUT2D eigenvalue weighted by atomic mass is 35.7. The first-order valence-electron chi connectivity index (χ1n) is 1.83. The van der Waals surface area contributed by atoms with E-state index >= 15 is 0 Å². The Hall–Kier alpha value is -0.150. The summed E-state index contributed by atoms with van der Waals surface area (Å²) in [5, 5.41) is 0.675. The van der Waals surface area contributed by atoms with E-state index < -0.39 is 19.4 Å². The van der Waals surface area contributed by atoms with Gasteiger partial charge in [0.05, 0.1) is 0 Å². The Kier molecular flexibility index (Phi) is 5.71. The van der Waals surface area contributed by atoms with Gasteiger partial charge in [0.2, 0.25) is 0 Å². The standard InChI is InChI=1S/C2H3ClO2S.H2O4S/c1-2-6(3,4)5;1-5(2,3)4/h2H,1H2;(H2,1,2,3,4). The van der Waals surface area contributed by atoms with Gasteiger partial charge in [-0.2, -0.15) is 8.42 Å². The predicted molar refractivity (Wildman–Crippen MR) is 39.1 cm³/mol. The van der Waals surface area contributed by atoms with Crippen LogP contribution in [0.5, 0.6) is 0 Å². The fourth-order valence-corrected chi connectivity index (χ4v) is 0. The Balaban J connectivity index is 0. The molecule has 68 valence electrons. The van der Waals surface area contributed by atoms with E-state index in [0.29, 0.717) is 5.41 Å². The zero-order valence-corrected chi connectivity index (χ0v) is 7.40. The van der Waals surface area contributed by atoms with Crippen molar-refractivity contribution in [3.05, 3.63) is 12.0 Å². The second kappa shape index (κ2) is 4.67. The lowest BCUT2D eigenvalue weighted by molar-refractivity contribution is 0.381. The maximum atomic E-state index is 9.65. The molecule has 0 aromatic rings. The topological polar surface area (TPSA) is 109 Å². The summed E-state index contributed by atoms with van der Waals surface area (Å²) < 4.78 is 50.9. The molecule has 0 unspecified atom stereocenters. The van der Waals surface area contributed by atoms with Crippen molar-refractivity contribution in [2.75, 3.05) is 0 Å². The minimum atomic E-state index is -4.67. The lowest BCUT2D eigenvalue weighted by atomic mass is 11.3. The molecule has 0 atom stereocenters. The van der Waals surface area contributed by atoms with Gasteiger partial charge in [-0.3, -0.25) is 9.11 Å². The molecule has 0 amide bonds. The summed E-state index contributed by atoms with van der Waals surface area (Å²) in [6.07, 6.45) is 0. The second-order valence-corrected chi connectivity index (χ2v) is 4.56. The zero-order valence-electron chi connectivity index (χ0n) is 5.01. The van der Waals surface area contributed by atoms with Crippen molar-refractivity contribution in [1.29, 1.82) is 0 Å². The van der Waals surface area contributed by atoms with Crippen molar-refractivity contribution in [3.8, 4) is 0 Å². The monoisotopic (exact) mass is 224 g/mol. The molecule has 0 saturated heterocycles. The molecule has 11 heavy (non-hydrogen) atoms. The minimum absolute atomic E-state index is 0.675. The van der Waals surface area contributed by atoms with Crippen LogP contribution in [-0.4, -0.2) is 25.9 Å². The quantitative estimate of drug-likeness (QED) is 0.481. The summed E-state index contributed by atoms with van der Waals surface area (Å²) >= 11 is 0. The van der Waals surface area contributed by atoms with Gasteiger partial charge in [-0.1, -0.05) is 6.58 Å². The third kappa shape index (κ3) is 74.7. The van der Waals surface area contributed by atoms with E-state index in [-0.39, 0.29) is 0 Å². The summed E-state index contributed by atoms with van der Waals surface area (Å²) in [4.78, 5) is 0. The minimum Gasteiger partial charge on any atom is -0.264 e. The largest absolute Gasteiger partial charge is 0.394 e. The molecule has 0 fully saturated rings. The number of hydrogen-bond acceptors (Lipinski definition) is 4. The first kappa shape index (κ1) is 13.4. The van der Waals surface area contributed by atoms with Crippen LogP contribution in [0.25, 0.3) is 0 Å². The first-order chi connectivity index (χ1) is 4.56. The van der Waals surface area contributed by atoms with E-state index in [9.17, 15) is 8.42 Å². The maximum Gasteiger partial charge on any atom is 0.394 e. The SMILES string of the molecule is C=CS(=O)(=O)Cl.O=S(=O)(O)O. The van der Waals surface area contributed by atoms with E-state index in [1.165, 1.54) is 0 Å². The van der Waals surface area contributed by atoms with Crippen LogP contribution < -0.4 is 0 Å². The molecule has 0 aromatic heterocycles. The predicted octanol–water partition coefficient (Wildman–Crippen LogP) is 0.0457. The van der Waals surface area contributed by atoms with Gasteiger partial charge in [-0.25, -0.2) is 8.42 Å². The van der Waals surface area contributed by atoms with Crippen LogP contribution >= 0.6 is 10.7 Å². The molecule has 0 rings (SSSR count). The molecule has 0 heterocycles. The summed E-state index contributed by atoms with van der Waals surface area (Å²) in [6.45, 7) is 2.91. The normalized spacial score (nSPS) is 11.2. The van der Waals surface area contributed by atoms with Crippen molar-refractivity contribution in [2.45, 2.75) is 0 Å². The van der Waals surface area contributed by atoms with Crippen LogP contribution in [0.3, 0.4) is 0 Å². The van der Waals surface area contributed by atoms with Crippen LogP contribution in [0.1, 0.15) is 0 Å². The Morgan fingerprint density at radius 3 is 1.27 bits per heavy atom. The van der Waals surface area contributed by atoms with Gasteiger partial charge in [-0.05, 0) is 0 Å². The average molecular weight is 225 g/mol. The van der Waals surface area contributed by atoms with E-state index in [0.717, 1.165) is 0 Å². The number of hydrogen-bond donors (Lipinski definition) is 2. The molecule has 0 spiro atoms. The maximum absolute atomic E-state index is 9.65. The summed E-state index contributed by atoms with van der Waals surface area (Å²) in [5.74, 6) is 0. The molecule has 0 aromatic carbocycles. The highest BCUT2D eigenvalue weighted by Crippen LogP contribution is 1.93. The Labute approximate surface area is 68.5 Å². The van der Waals surface area contributed by atoms with Gasteiger partial charge in [0.15, 0.2) is 0 Å². The molecule has 0 radical (unpaired) electrons. The van der Waals surface area contributed by atoms with Gasteiger partial charge in [0.1, 0.15) is 0 Å². The number of halogens is 1. The van der Waals surface area contributed by atoms with Crippen molar-refractivity contribution in [1.82, 2.24) is 0 Å². The lowest BCUT2D eigenvalue weighted by Crippen LogP contribution is -1.89. The molecule has 0 aliphatic carbocycles. The van der Waals surface area contributed by atoms with Crippen LogP contribution in [-0.2, 0) is 19.4 Å². The third-order valence-electron chi connectivity index (χ3n) is 0.199. The Bertz CT molecular complexity index is 278. The smallest absolute Gasteiger partial charge is 0.264 e. The summed E-state index contributed by atoms with van der Waals surface area (Å²) in [6, 6.07) is 0. The molecule has 6 nitrogen and oxygen atoms in total. The van der Waals surface area contributed by atoms with Crippen molar-refractivity contribution in [2.24, 2.45) is 0 Å². The van der Waals surface area contributed by atoms with Crippen molar-refractivity contribution in [3.63, 3.8) is 0 Å². The van der Waals surface area contributed by atoms with Gasteiger partial charge < -0.3 is 0 Å². The fraction of sp³-hybridized carbons (Fsp3) is 0. The van der Waals surface area contributed by atoms with Gasteiger partial charge in [0.25, 0.3) is 9.05 Å². The summed E-state index contributed by atoms with van der Waals surface area (Å²) in [7, 11) is -3.52.